The fourth-order valence-electron chi connectivity index (χ4n) is 1.75. The van der Waals surface area contributed by atoms with Gasteiger partial charge in [0.05, 0.1) is 11.4 Å². The van der Waals surface area contributed by atoms with E-state index >= 15 is 0 Å². The zero-order valence-electron chi connectivity index (χ0n) is 7.31. The number of aromatic nitrogens is 2. The van der Waals surface area contributed by atoms with Gasteiger partial charge in [-0.25, -0.2) is 9.67 Å². The number of aliphatic imine (C=N–C) groups is 1. The van der Waals surface area contributed by atoms with E-state index in [4.69, 9.17) is 0 Å². The van der Waals surface area contributed by atoms with E-state index in [9.17, 15) is 0 Å². The van der Waals surface area contributed by atoms with E-state index in [0.717, 1.165) is 17.2 Å². The summed E-state index contributed by atoms with van der Waals surface area (Å²) in [4.78, 5) is 4.47. The number of hydrogen-bond acceptors (Lipinski definition) is 2. The summed E-state index contributed by atoms with van der Waals surface area (Å²) in [5, 5.41) is 4.39. The van der Waals surface area contributed by atoms with Crippen LogP contribution in [0.15, 0.2) is 35.4 Å². The van der Waals surface area contributed by atoms with Gasteiger partial charge in [-0.2, -0.15) is 5.10 Å². The number of hydrogen-bond donors (Lipinski definition) is 0. The van der Waals surface area contributed by atoms with Gasteiger partial charge in [-0.15, -0.1) is 0 Å². The van der Waals surface area contributed by atoms with Gasteiger partial charge in [-0.05, 0) is 13.0 Å². The van der Waals surface area contributed by atoms with Gasteiger partial charge in [0.1, 0.15) is 6.04 Å². The van der Waals surface area contributed by atoms with E-state index < -0.39 is 0 Å². The zero-order chi connectivity index (χ0) is 8.84. The molecule has 0 bridgehead atoms. The Bertz CT molecular complexity index is 449. The molecule has 2 heterocycles. The van der Waals surface area contributed by atoms with Gasteiger partial charge < -0.3 is 0 Å². The molecule has 1 aliphatic carbocycles. The second-order valence-corrected chi connectivity index (χ2v) is 3.31. The van der Waals surface area contributed by atoms with E-state index in [2.05, 4.69) is 16.2 Å². The molecule has 0 amide bonds. The summed E-state index contributed by atoms with van der Waals surface area (Å²) in [7, 11) is 0. The van der Waals surface area contributed by atoms with Gasteiger partial charge in [0.15, 0.2) is 5.82 Å². The van der Waals surface area contributed by atoms with Crippen molar-refractivity contribution in [2.24, 2.45) is 4.99 Å². The van der Waals surface area contributed by atoms with Gasteiger partial charge in [0, 0.05) is 6.07 Å². The summed E-state index contributed by atoms with van der Waals surface area (Å²) < 4.78 is 1.96. The molecule has 0 aromatic carbocycles. The van der Waals surface area contributed by atoms with Crippen LogP contribution < -0.4 is 0 Å². The third kappa shape index (κ3) is 0.840. The quantitative estimate of drug-likeness (QED) is 0.586. The molecule has 3 heteroatoms. The van der Waals surface area contributed by atoms with Crippen molar-refractivity contribution in [1.82, 2.24) is 9.78 Å². The van der Waals surface area contributed by atoms with Crippen molar-refractivity contribution in [3.8, 4) is 0 Å². The molecule has 2 aliphatic rings. The molecule has 64 valence electrons. The number of allylic oxidation sites excluding steroid dienone is 4. The number of aryl methyl sites for hydroxylation is 1. The number of fused-ring (bicyclic) bond motifs is 3. The molecule has 1 aliphatic heterocycles. The van der Waals surface area contributed by atoms with Gasteiger partial charge >= 0.3 is 0 Å². The maximum atomic E-state index is 4.47. The predicted octanol–water partition coefficient (Wildman–Crippen LogP) is 1.94. The van der Waals surface area contributed by atoms with E-state index in [1.165, 1.54) is 0 Å². The summed E-state index contributed by atoms with van der Waals surface area (Å²) in [6, 6.07) is 2.24. The molecule has 3 rings (SSSR count). The third-order valence-corrected chi connectivity index (χ3v) is 2.32. The topological polar surface area (TPSA) is 30.2 Å². The average molecular weight is 171 g/mol. The van der Waals surface area contributed by atoms with E-state index in [0.29, 0.717) is 0 Å². The van der Waals surface area contributed by atoms with Crippen LogP contribution >= 0.6 is 0 Å². The summed E-state index contributed by atoms with van der Waals surface area (Å²) in [5.74, 6) is 0.966. The summed E-state index contributed by atoms with van der Waals surface area (Å²) in [6.45, 7) is 1.99. The monoisotopic (exact) mass is 171 g/mol. The fourth-order valence-corrected chi connectivity index (χ4v) is 1.75. The lowest BCUT2D eigenvalue weighted by Crippen LogP contribution is -2.13. The minimum Gasteiger partial charge on any atom is -0.234 e. The Morgan fingerprint density at radius 1 is 1.38 bits per heavy atom. The van der Waals surface area contributed by atoms with Crippen molar-refractivity contribution < 1.29 is 0 Å². The predicted molar refractivity (Wildman–Crippen MR) is 51.4 cm³/mol. The van der Waals surface area contributed by atoms with Crippen LogP contribution in [0, 0.1) is 6.92 Å². The van der Waals surface area contributed by atoms with Gasteiger partial charge in [-0.3, -0.25) is 0 Å². The molecular weight excluding hydrogens is 162 g/mol. The normalized spacial score (nSPS) is 22.8. The summed E-state index contributed by atoms with van der Waals surface area (Å²) in [5.41, 5.74) is 2.12. The van der Waals surface area contributed by atoms with Crippen molar-refractivity contribution in [2.45, 2.75) is 13.0 Å². The van der Waals surface area contributed by atoms with E-state index in [-0.39, 0.29) is 6.04 Å². The van der Waals surface area contributed by atoms with E-state index in [1.54, 1.807) is 0 Å². The molecule has 0 spiro atoms. The average Bonchev–Trinajstić information content (AvgIpc) is 2.60. The van der Waals surface area contributed by atoms with Crippen LogP contribution in [-0.2, 0) is 0 Å². The molecule has 1 aromatic heterocycles. The van der Waals surface area contributed by atoms with Crippen molar-refractivity contribution in [1.29, 1.82) is 0 Å². The lowest BCUT2D eigenvalue weighted by molar-refractivity contribution is 0.674. The minimum atomic E-state index is 0.230. The second-order valence-electron chi connectivity index (χ2n) is 3.31. The highest BCUT2D eigenvalue weighted by atomic mass is 15.4. The lowest BCUT2D eigenvalue weighted by Gasteiger charge is -2.09. The number of rotatable bonds is 0. The lowest BCUT2D eigenvalue weighted by atomic mass is 10.1. The standard InChI is InChI=1S/C10H9N3/c1-7-6-10-11-8-4-2-3-5-9(8)13(10)12-7/h2-6,9H,1H3. The highest BCUT2D eigenvalue weighted by molar-refractivity contribution is 6.03. The third-order valence-electron chi connectivity index (χ3n) is 2.32. The van der Waals surface area contributed by atoms with Gasteiger partial charge in [0.25, 0.3) is 0 Å². The highest BCUT2D eigenvalue weighted by Crippen LogP contribution is 2.30. The van der Waals surface area contributed by atoms with Crippen LogP contribution in [0.1, 0.15) is 11.7 Å². The van der Waals surface area contributed by atoms with Gasteiger partial charge in [-0.1, -0.05) is 18.2 Å². The van der Waals surface area contributed by atoms with Crippen LogP contribution in [-0.4, -0.2) is 15.5 Å². The minimum absolute atomic E-state index is 0.230. The SMILES string of the molecule is Cc1cc2n(n1)C1C=CC=CC1=N2. The molecule has 0 radical (unpaired) electrons. The molecular formula is C10H9N3. The maximum absolute atomic E-state index is 4.47. The van der Waals surface area contributed by atoms with Crippen LogP contribution in [0.3, 0.4) is 0 Å². The molecule has 3 nitrogen and oxygen atoms in total. The summed E-state index contributed by atoms with van der Waals surface area (Å²) >= 11 is 0. The Kier molecular flexibility index (Phi) is 1.15. The molecule has 1 atom stereocenters. The maximum Gasteiger partial charge on any atom is 0.152 e. The van der Waals surface area contributed by atoms with Crippen molar-refractivity contribution >= 4 is 11.5 Å². The molecule has 1 aromatic rings. The summed E-state index contributed by atoms with van der Waals surface area (Å²) in [6.07, 6.45) is 8.20. The second kappa shape index (κ2) is 2.19. The molecule has 1 unspecified atom stereocenters. The largest absolute Gasteiger partial charge is 0.234 e. The Balaban J connectivity index is 2.20. The van der Waals surface area contributed by atoms with Crippen molar-refractivity contribution in [2.75, 3.05) is 0 Å². The van der Waals surface area contributed by atoms with Crippen LogP contribution in [0.4, 0.5) is 5.82 Å². The van der Waals surface area contributed by atoms with Crippen molar-refractivity contribution in [3.63, 3.8) is 0 Å². The Morgan fingerprint density at radius 3 is 3.23 bits per heavy atom. The zero-order valence-corrected chi connectivity index (χ0v) is 7.31. The number of nitrogens with zero attached hydrogens (tertiary/aromatic N) is 3. The molecule has 0 saturated carbocycles. The van der Waals surface area contributed by atoms with E-state index in [1.807, 2.05) is 35.9 Å². The smallest absolute Gasteiger partial charge is 0.152 e. The molecule has 13 heavy (non-hydrogen) atoms. The first-order valence-corrected chi connectivity index (χ1v) is 4.34. The Morgan fingerprint density at radius 2 is 2.31 bits per heavy atom. The van der Waals surface area contributed by atoms with Crippen LogP contribution in [0.25, 0.3) is 0 Å². The molecule has 0 N–H and O–H groups in total. The fraction of sp³-hybridized carbons (Fsp3) is 0.200. The molecule has 0 saturated heterocycles. The Hall–Kier alpha value is -1.64. The highest BCUT2D eigenvalue weighted by Gasteiger charge is 2.24. The first kappa shape index (κ1) is 6.83. The molecule has 0 fully saturated rings. The van der Waals surface area contributed by atoms with Crippen LogP contribution in [0.5, 0.6) is 0 Å². The first-order valence-electron chi connectivity index (χ1n) is 4.34. The van der Waals surface area contributed by atoms with Gasteiger partial charge in [0.2, 0.25) is 0 Å². The Labute approximate surface area is 76.1 Å². The van der Waals surface area contributed by atoms with Crippen LogP contribution in [0.2, 0.25) is 0 Å². The first-order chi connectivity index (χ1) is 6.34. The van der Waals surface area contributed by atoms with Crippen molar-refractivity contribution in [3.05, 3.63) is 36.1 Å².